The Morgan fingerprint density at radius 1 is 1.12 bits per heavy atom. The van der Waals surface area contributed by atoms with Crippen molar-refractivity contribution < 1.29 is 19.1 Å². The maximum Gasteiger partial charge on any atom is 0.258 e. The van der Waals surface area contributed by atoms with Crippen LogP contribution >= 0.6 is 0 Å². The minimum absolute atomic E-state index is 0.00282. The van der Waals surface area contributed by atoms with Crippen molar-refractivity contribution in [1.82, 2.24) is 15.2 Å². The van der Waals surface area contributed by atoms with E-state index in [2.05, 4.69) is 27.3 Å². The minimum Gasteiger partial charge on any atom is -0.484 e. The van der Waals surface area contributed by atoms with Gasteiger partial charge in [-0.3, -0.25) is 19.5 Å². The van der Waals surface area contributed by atoms with Gasteiger partial charge in [0.2, 0.25) is 0 Å². The van der Waals surface area contributed by atoms with E-state index >= 15 is 0 Å². The first-order chi connectivity index (χ1) is 15.5. The molecule has 3 heterocycles. The normalized spacial score (nSPS) is 20.2. The van der Waals surface area contributed by atoms with E-state index < -0.39 is 0 Å². The number of amides is 1. The van der Waals surface area contributed by atoms with Gasteiger partial charge >= 0.3 is 0 Å². The number of hydrogen-bond acceptors (Lipinski definition) is 6. The Morgan fingerprint density at radius 2 is 1.84 bits per heavy atom. The summed E-state index contributed by atoms with van der Waals surface area (Å²) in [5, 5.41) is 2.93. The van der Waals surface area contributed by atoms with Crippen molar-refractivity contribution in [2.45, 2.75) is 50.9 Å². The van der Waals surface area contributed by atoms with Crippen LogP contribution in [0.15, 0.2) is 48.8 Å². The number of ether oxygens (including phenoxy) is 2. The molecule has 1 aromatic carbocycles. The van der Waals surface area contributed by atoms with Crippen LogP contribution in [0.25, 0.3) is 0 Å². The van der Waals surface area contributed by atoms with Crippen LogP contribution in [0, 0.1) is 0 Å². The summed E-state index contributed by atoms with van der Waals surface area (Å²) < 4.78 is 11.9. The SMILES string of the molecule is CC(=O)c1ccc(OCC(=O)NCC2CCC3(CCN(Cc4ccncc4)CC3)O2)cc1. The van der Waals surface area contributed by atoms with E-state index in [-0.39, 0.29) is 30.0 Å². The fourth-order valence-corrected chi connectivity index (χ4v) is 4.49. The number of likely N-dealkylation sites (tertiary alicyclic amines) is 1. The van der Waals surface area contributed by atoms with Gasteiger partial charge in [-0.2, -0.15) is 0 Å². The van der Waals surface area contributed by atoms with Gasteiger partial charge in [0.1, 0.15) is 5.75 Å². The van der Waals surface area contributed by atoms with E-state index in [0.717, 1.165) is 45.3 Å². The van der Waals surface area contributed by atoms with Crippen LogP contribution in [0.4, 0.5) is 0 Å². The van der Waals surface area contributed by atoms with Crippen LogP contribution in [0.2, 0.25) is 0 Å². The fraction of sp³-hybridized carbons (Fsp3) is 0.480. The molecule has 0 aliphatic carbocycles. The van der Waals surface area contributed by atoms with Gasteiger partial charge in [0.05, 0.1) is 11.7 Å². The van der Waals surface area contributed by atoms with Crippen molar-refractivity contribution in [3.05, 3.63) is 59.9 Å². The molecule has 1 atom stereocenters. The lowest BCUT2D eigenvalue weighted by Crippen LogP contribution is -2.45. The number of piperidine rings is 1. The fourth-order valence-electron chi connectivity index (χ4n) is 4.49. The van der Waals surface area contributed by atoms with Gasteiger partial charge in [-0.1, -0.05) is 0 Å². The molecular weight excluding hydrogens is 406 g/mol. The minimum atomic E-state index is -0.169. The highest BCUT2D eigenvalue weighted by atomic mass is 16.5. The molecule has 7 heteroatoms. The van der Waals surface area contributed by atoms with Crippen LogP contribution in [0.3, 0.4) is 0 Å². The van der Waals surface area contributed by atoms with Gasteiger partial charge < -0.3 is 14.8 Å². The molecule has 1 spiro atoms. The standard InChI is InChI=1S/C25H31N3O4/c1-19(29)21-2-4-22(5-3-21)31-18-24(30)27-16-23-6-9-25(32-23)10-14-28(15-11-25)17-20-7-12-26-13-8-20/h2-5,7-8,12-13,23H,6,9-11,14-18H2,1H3,(H,27,30). The van der Waals surface area contributed by atoms with Crippen LogP contribution in [-0.2, 0) is 16.1 Å². The molecule has 2 aromatic rings. The summed E-state index contributed by atoms with van der Waals surface area (Å²) in [5.74, 6) is 0.403. The molecule has 7 nitrogen and oxygen atoms in total. The molecule has 32 heavy (non-hydrogen) atoms. The molecule has 2 saturated heterocycles. The zero-order chi connectivity index (χ0) is 22.4. The van der Waals surface area contributed by atoms with E-state index in [4.69, 9.17) is 9.47 Å². The second-order valence-corrected chi connectivity index (χ2v) is 8.77. The lowest BCUT2D eigenvalue weighted by molar-refractivity contribution is -0.124. The van der Waals surface area contributed by atoms with Crippen molar-refractivity contribution in [2.75, 3.05) is 26.2 Å². The molecule has 2 aliphatic rings. The van der Waals surface area contributed by atoms with Crippen LogP contribution in [0.1, 0.15) is 48.5 Å². The Hall–Kier alpha value is -2.77. The molecule has 170 valence electrons. The number of nitrogens with one attached hydrogen (secondary N) is 1. The number of pyridine rings is 1. The molecule has 2 aliphatic heterocycles. The van der Waals surface area contributed by atoms with Crippen LogP contribution < -0.4 is 10.1 Å². The first-order valence-corrected chi connectivity index (χ1v) is 11.3. The third-order valence-electron chi connectivity index (χ3n) is 6.42. The van der Waals surface area contributed by atoms with E-state index in [1.165, 1.54) is 12.5 Å². The van der Waals surface area contributed by atoms with E-state index in [0.29, 0.717) is 17.9 Å². The Balaban J connectivity index is 1.15. The Bertz CT molecular complexity index is 909. The lowest BCUT2D eigenvalue weighted by Gasteiger charge is -2.39. The number of rotatable bonds is 8. The number of hydrogen-bond donors (Lipinski definition) is 1. The van der Waals surface area contributed by atoms with Crippen molar-refractivity contribution >= 4 is 11.7 Å². The molecular formula is C25H31N3O4. The number of ketones is 1. The second kappa shape index (κ2) is 10.2. The third kappa shape index (κ3) is 5.93. The zero-order valence-electron chi connectivity index (χ0n) is 18.6. The average Bonchev–Trinajstić information content (AvgIpc) is 3.21. The summed E-state index contributed by atoms with van der Waals surface area (Å²) in [5.41, 5.74) is 1.87. The summed E-state index contributed by atoms with van der Waals surface area (Å²) in [6, 6.07) is 10.9. The second-order valence-electron chi connectivity index (χ2n) is 8.77. The summed E-state index contributed by atoms with van der Waals surface area (Å²) in [6.07, 6.45) is 7.82. The topological polar surface area (TPSA) is 80.8 Å². The Morgan fingerprint density at radius 3 is 2.53 bits per heavy atom. The molecule has 4 rings (SSSR count). The lowest BCUT2D eigenvalue weighted by atomic mass is 9.88. The van der Waals surface area contributed by atoms with Crippen molar-refractivity contribution in [2.24, 2.45) is 0 Å². The molecule has 1 unspecified atom stereocenters. The van der Waals surface area contributed by atoms with Gasteiger partial charge in [-0.25, -0.2) is 0 Å². The molecule has 0 radical (unpaired) electrons. The molecule has 0 bridgehead atoms. The quantitative estimate of drug-likeness (QED) is 0.640. The maximum absolute atomic E-state index is 12.2. The third-order valence-corrected chi connectivity index (χ3v) is 6.42. The highest BCUT2D eigenvalue weighted by Crippen LogP contribution is 2.39. The number of carbonyl (C=O) groups is 2. The number of aromatic nitrogens is 1. The van der Waals surface area contributed by atoms with Gasteiger partial charge in [-0.05, 0) is 74.6 Å². The molecule has 1 aromatic heterocycles. The van der Waals surface area contributed by atoms with E-state index in [1.54, 1.807) is 24.3 Å². The largest absolute Gasteiger partial charge is 0.484 e. The number of Topliss-reactive ketones (excluding diaryl/α,β-unsaturated/α-hetero) is 1. The molecule has 0 saturated carbocycles. The number of nitrogens with zero attached hydrogens (tertiary/aromatic N) is 2. The van der Waals surface area contributed by atoms with E-state index in [1.807, 2.05) is 12.4 Å². The molecule has 1 amide bonds. The summed E-state index contributed by atoms with van der Waals surface area (Å²) in [6.45, 7) is 4.98. The smallest absolute Gasteiger partial charge is 0.258 e. The molecule has 2 fully saturated rings. The van der Waals surface area contributed by atoms with Crippen molar-refractivity contribution in [3.63, 3.8) is 0 Å². The monoisotopic (exact) mass is 437 g/mol. The number of carbonyl (C=O) groups excluding carboxylic acids is 2. The summed E-state index contributed by atoms with van der Waals surface area (Å²) in [7, 11) is 0. The predicted octanol–water partition coefficient (Wildman–Crippen LogP) is 2.99. The van der Waals surface area contributed by atoms with Gasteiger partial charge in [-0.15, -0.1) is 0 Å². The van der Waals surface area contributed by atoms with Gasteiger partial charge in [0.15, 0.2) is 12.4 Å². The van der Waals surface area contributed by atoms with Gasteiger partial charge in [0, 0.05) is 44.1 Å². The maximum atomic E-state index is 12.2. The first kappa shape index (κ1) is 22.4. The van der Waals surface area contributed by atoms with Crippen molar-refractivity contribution in [3.8, 4) is 5.75 Å². The zero-order valence-corrected chi connectivity index (χ0v) is 18.6. The highest BCUT2D eigenvalue weighted by molar-refractivity contribution is 5.94. The predicted molar refractivity (Wildman–Crippen MR) is 121 cm³/mol. The average molecular weight is 438 g/mol. The number of benzene rings is 1. The molecule has 1 N–H and O–H groups in total. The Labute approximate surface area is 189 Å². The van der Waals surface area contributed by atoms with Gasteiger partial charge in [0.25, 0.3) is 5.91 Å². The van der Waals surface area contributed by atoms with E-state index in [9.17, 15) is 9.59 Å². The first-order valence-electron chi connectivity index (χ1n) is 11.3. The van der Waals surface area contributed by atoms with Crippen LogP contribution in [-0.4, -0.2) is 59.5 Å². The van der Waals surface area contributed by atoms with Crippen LogP contribution in [0.5, 0.6) is 5.75 Å². The van der Waals surface area contributed by atoms with Crippen molar-refractivity contribution in [1.29, 1.82) is 0 Å². The highest BCUT2D eigenvalue weighted by Gasteiger charge is 2.42. The summed E-state index contributed by atoms with van der Waals surface area (Å²) >= 11 is 0. The Kier molecular flexibility index (Phi) is 7.17. The summed E-state index contributed by atoms with van der Waals surface area (Å²) in [4.78, 5) is 30.0.